The molecule has 1 heterocycles. The van der Waals surface area contributed by atoms with Gasteiger partial charge in [0.25, 0.3) is 5.91 Å². The standard InChI is InChI=1S/C16H15F2NO5/c1-10(14(20)19-9-13-3-2-8-22-13)23-15(21)11-4-6-12(7-5-11)24-16(17)18/h2-8,10,16H,9H2,1H3,(H,19,20)/t10-/m0/s1. The van der Waals surface area contributed by atoms with Crippen molar-refractivity contribution in [3.05, 3.63) is 54.0 Å². The molecule has 0 saturated heterocycles. The Balaban J connectivity index is 1.84. The Morgan fingerprint density at radius 2 is 1.92 bits per heavy atom. The van der Waals surface area contributed by atoms with Crippen LogP contribution in [0.4, 0.5) is 8.78 Å². The molecule has 0 aliphatic heterocycles. The van der Waals surface area contributed by atoms with Gasteiger partial charge in [0.05, 0.1) is 18.4 Å². The second-order valence-corrected chi connectivity index (χ2v) is 4.75. The lowest BCUT2D eigenvalue weighted by Crippen LogP contribution is -2.35. The van der Waals surface area contributed by atoms with E-state index >= 15 is 0 Å². The molecule has 24 heavy (non-hydrogen) atoms. The molecule has 1 amide bonds. The average Bonchev–Trinajstić information content (AvgIpc) is 3.06. The highest BCUT2D eigenvalue weighted by Gasteiger charge is 2.19. The zero-order valence-corrected chi connectivity index (χ0v) is 12.7. The van der Waals surface area contributed by atoms with Crippen molar-refractivity contribution >= 4 is 11.9 Å². The van der Waals surface area contributed by atoms with Crippen molar-refractivity contribution in [2.45, 2.75) is 26.2 Å². The highest BCUT2D eigenvalue weighted by molar-refractivity contribution is 5.92. The fourth-order valence-corrected chi connectivity index (χ4v) is 1.79. The van der Waals surface area contributed by atoms with Gasteiger partial charge in [-0.25, -0.2) is 4.79 Å². The minimum atomic E-state index is -2.94. The SMILES string of the molecule is C[C@H](OC(=O)c1ccc(OC(F)F)cc1)C(=O)NCc1ccco1. The van der Waals surface area contributed by atoms with Gasteiger partial charge in [0.2, 0.25) is 0 Å². The van der Waals surface area contributed by atoms with E-state index in [9.17, 15) is 18.4 Å². The van der Waals surface area contributed by atoms with Crippen LogP contribution in [0.15, 0.2) is 47.1 Å². The summed E-state index contributed by atoms with van der Waals surface area (Å²) in [4.78, 5) is 23.8. The van der Waals surface area contributed by atoms with Gasteiger partial charge < -0.3 is 19.2 Å². The van der Waals surface area contributed by atoms with Crippen LogP contribution in [0.25, 0.3) is 0 Å². The van der Waals surface area contributed by atoms with Gasteiger partial charge in [0.15, 0.2) is 6.10 Å². The van der Waals surface area contributed by atoms with E-state index in [4.69, 9.17) is 9.15 Å². The van der Waals surface area contributed by atoms with Crippen molar-refractivity contribution in [1.82, 2.24) is 5.32 Å². The topological polar surface area (TPSA) is 77.8 Å². The largest absolute Gasteiger partial charge is 0.467 e. The Labute approximate surface area is 136 Å². The number of halogens is 2. The Kier molecular flexibility index (Phi) is 5.89. The lowest BCUT2D eigenvalue weighted by molar-refractivity contribution is -0.129. The Morgan fingerprint density at radius 1 is 1.21 bits per heavy atom. The van der Waals surface area contributed by atoms with Crippen LogP contribution in [-0.2, 0) is 16.1 Å². The molecule has 0 spiro atoms. The van der Waals surface area contributed by atoms with E-state index in [1.165, 1.54) is 37.5 Å². The van der Waals surface area contributed by atoms with Crippen LogP contribution in [0.1, 0.15) is 23.0 Å². The zero-order valence-electron chi connectivity index (χ0n) is 12.7. The van der Waals surface area contributed by atoms with Gasteiger partial charge in [0, 0.05) is 0 Å². The van der Waals surface area contributed by atoms with Crippen molar-refractivity contribution in [2.24, 2.45) is 0 Å². The number of carbonyl (C=O) groups is 2. The summed E-state index contributed by atoms with van der Waals surface area (Å²) >= 11 is 0. The maximum Gasteiger partial charge on any atom is 0.387 e. The lowest BCUT2D eigenvalue weighted by Gasteiger charge is -2.13. The summed E-state index contributed by atoms with van der Waals surface area (Å²) in [7, 11) is 0. The van der Waals surface area contributed by atoms with Crippen LogP contribution >= 0.6 is 0 Å². The molecular weight excluding hydrogens is 324 g/mol. The van der Waals surface area contributed by atoms with Gasteiger partial charge in [-0.3, -0.25) is 4.79 Å². The van der Waals surface area contributed by atoms with E-state index in [0.717, 1.165) is 0 Å². The van der Waals surface area contributed by atoms with Crippen molar-refractivity contribution < 1.29 is 32.3 Å². The van der Waals surface area contributed by atoms with Crippen molar-refractivity contribution in [1.29, 1.82) is 0 Å². The molecule has 0 aliphatic carbocycles. The highest BCUT2D eigenvalue weighted by atomic mass is 19.3. The van der Waals surface area contributed by atoms with Crippen molar-refractivity contribution in [3.8, 4) is 5.75 Å². The minimum Gasteiger partial charge on any atom is -0.467 e. The quantitative estimate of drug-likeness (QED) is 0.785. The van der Waals surface area contributed by atoms with Crippen molar-refractivity contribution in [3.63, 3.8) is 0 Å². The summed E-state index contributed by atoms with van der Waals surface area (Å²) in [6, 6.07) is 8.35. The van der Waals surface area contributed by atoms with Gasteiger partial charge in [-0.1, -0.05) is 0 Å². The fourth-order valence-electron chi connectivity index (χ4n) is 1.79. The van der Waals surface area contributed by atoms with Crippen LogP contribution in [0.3, 0.4) is 0 Å². The summed E-state index contributed by atoms with van der Waals surface area (Å²) in [5, 5.41) is 2.56. The molecule has 1 aromatic heterocycles. The number of alkyl halides is 2. The number of esters is 1. The number of furan rings is 1. The molecule has 1 aromatic carbocycles. The Bertz CT molecular complexity index is 670. The van der Waals surface area contributed by atoms with Crippen molar-refractivity contribution in [2.75, 3.05) is 0 Å². The molecule has 8 heteroatoms. The first-order valence-electron chi connectivity index (χ1n) is 7.01. The van der Waals surface area contributed by atoms with Gasteiger partial charge in [-0.05, 0) is 43.3 Å². The van der Waals surface area contributed by atoms with E-state index in [-0.39, 0.29) is 17.9 Å². The molecule has 2 rings (SSSR count). The molecule has 1 atom stereocenters. The molecule has 0 fully saturated rings. The number of carbonyl (C=O) groups excluding carboxylic acids is 2. The second-order valence-electron chi connectivity index (χ2n) is 4.75. The summed E-state index contributed by atoms with van der Waals surface area (Å²) in [5.74, 6) is -0.751. The molecule has 1 N–H and O–H groups in total. The number of hydrogen-bond acceptors (Lipinski definition) is 5. The van der Waals surface area contributed by atoms with Crippen LogP contribution in [0.5, 0.6) is 5.75 Å². The summed E-state index contributed by atoms with van der Waals surface area (Å²) < 4.78 is 38.4. The number of nitrogens with one attached hydrogen (secondary N) is 1. The van der Waals surface area contributed by atoms with Crippen LogP contribution < -0.4 is 10.1 Å². The van der Waals surface area contributed by atoms with E-state index in [1.807, 2.05) is 0 Å². The summed E-state index contributed by atoms with van der Waals surface area (Å²) in [6.07, 6.45) is 0.455. The molecule has 0 radical (unpaired) electrons. The van der Waals surface area contributed by atoms with E-state index in [1.54, 1.807) is 12.1 Å². The van der Waals surface area contributed by atoms with Crippen LogP contribution in [0.2, 0.25) is 0 Å². The second kappa shape index (κ2) is 8.09. The Morgan fingerprint density at radius 3 is 2.50 bits per heavy atom. The molecule has 0 bridgehead atoms. The fraction of sp³-hybridized carbons (Fsp3) is 0.250. The third-order valence-electron chi connectivity index (χ3n) is 2.99. The molecular formula is C16H15F2NO5. The van der Waals surface area contributed by atoms with E-state index in [0.29, 0.717) is 5.76 Å². The third-order valence-corrected chi connectivity index (χ3v) is 2.99. The number of rotatable bonds is 7. The van der Waals surface area contributed by atoms with E-state index in [2.05, 4.69) is 10.1 Å². The number of amides is 1. The minimum absolute atomic E-state index is 0.0780. The Hall–Kier alpha value is -2.90. The number of hydrogen-bond donors (Lipinski definition) is 1. The smallest absolute Gasteiger partial charge is 0.387 e. The molecule has 0 unspecified atom stereocenters. The first-order valence-corrected chi connectivity index (χ1v) is 7.01. The molecule has 0 aliphatic rings. The monoisotopic (exact) mass is 339 g/mol. The van der Waals surface area contributed by atoms with Gasteiger partial charge in [-0.15, -0.1) is 0 Å². The maximum absolute atomic E-state index is 12.0. The maximum atomic E-state index is 12.0. The third kappa shape index (κ3) is 5.08. The predicted molar refractivity (Wildman–Crippen MR) is 78.5 cm³/mol. The number of benzene rings is 1. The molecule has 128 valence electrons. The van der Waals surface area contributed by atoms with Gasteiger partial charge in [-0.2, -0.15) is 8.78 Å². The summed E-state index contributed by atoms with van der Waals surface area (Å²) in [5.41, 5.74) is 0.113. The zero-order chi connectivity index (χ0) is 17.5. The highest BCUT2D eigenvalue weighted by Crippen LogP contribution is 2.16. The van der Waals surface area contributed by atoms with Gasteiger partial charge >= 0.3 is 12.6 Å². The summed E-state index contributed by atoms with van der Waals surface area (Å²) in [6.45, 7) is -1.35. The lowest BCUT2D eigenvalue weighted by atomic mass is 10.2. The first-order chi connectivity index (χ1) is 11.5. The predicted octanol–water partition coefficient (Wildman–Crippen LogP) is 2.74. The van der Waals surface area contributed by atoms with Gasteiger partial charge in [0.1, 0.15) is 11.5 Å². The molecule has 6 nitrogen and oxygen atoms in total. The first kappa shape index (κ1) is 17.5. The van der Waals surface area contributed by atoms with Crippen LogP contribution in [-0.4, -0.2) is 24.6 Å². The normalized spacial score (nSPS) is 11.8. The molecule has 2 aromatic rings. The average molecular weight is 339 g/mol. The van der Waals surface area contributed by atoms with Crippen LogP contribution in [0, 0.1) is 0 Å². The number of ether oxygens (including phenoxy) is 2. The van der Waals surface area contributed by atoms with E-state index < -0.39 is 24.6 Å². The molecule has 0 saturated carbocycles.